The fourth-order valence-electron chi connectivity index (χ4n) is 1.79. The second-order valence-electron chi connectivity index (χ2n) is 5.78. The first-order valence-electron chi connectivity index (χ1n) is 5.96. The minimum Gasteiger partial charge on any atom is -0.398 e. The van der Waals surface area contributed by atoms with Gasteiger partial charge in [0.15, 0.2) is 0 Å². The summed E-state index contributed by atoms with van der Waals surface area (Å²) in [6.07, 6.45) is 0. The predicted molar refractivity (Wildman–Crippen MR) is 78.9 cm³/mol. The van der Waals surface area contributed by atoms with E-state index in [1.807, 2.05) is 12.1 Å². The molecule has 0 heterocycles. The van der Waals surface area contributed by atoms with Gasteiger partial charge in [-0.25, -0.2) is 0 Å². The number of rotatable bonds is 3. The Morgan fingerprint density at radius 3 is 2.47 bits per heavy atom. The van der Waals surface area contributed by atoms with Crippen LogP contribution in [0.25, 0.3) is 0 Å². The highest BCUT2D eigenvalue weighted by atomic mass is 79.9. The molecule has 0 spiro atoms. The van der Waals surface area contributed by atoms with Crippen LogP contribution in [-0.4, -0.2) is 18.0 Å². The van der Waals surface area contributed by atoms with E-state index < -0.39 is 0 Å². The van der Waals surface area contributed by atoms with Gasteiger partial charge in [-0.05, 0) is 46.9 Å². The van der Waals surface area contributed by atoms with Gasteiger partial charge >= 0.3 is 0 Å². The Labute approximate surface area is 113 Å². The summed E-state index contributed by atoms with van der Waals surface area (Å²) in [6, 6.07) is 6.55. The van der Waals surface area contributed by atoms with Gasteiger partial charge in [-0.1, -0.05) is 32.9 Å². The fourth-order valence-corrected chi connectivity index (χ4v) is 2.18. The van der Waals surface area contributed by atoms with E-state index in [0.29, 0.717) is 6.04 Å². The Kier molecular flexibility index (Phi) is 4.62. The molecule has 0 aliphatic carbocycles. The summed E-state index contributed by atoms with van der Waals surface area (Å²) >= 11 is 3.56. The SMILES string of the molecule is CC(N(C)Cc1cccc(N)c1Br)C(C)(C)C. The Morgan fingerprint density at radius 1 is 1.35 bits per heavy atom. The van der Waals surface area contributed by atoms with Crippen molar-refractivity contribution in [1.29, 1.82) is 0 Å². The van der Waals surface area contributed by atoms with E-state index in [4.69, 9.17) is 5.73 Å². The molecule has 0 aliphatic rings. The maximum Gasteiger partial charge on any atom is 0.0461 e. The molecule has 2 N–H and O–H groups in total. The van der Waals surface area contributed by atoms with Crippen LogP contribution < -0.4 is 5.73 Å². The van der Waals surface area contributed by atoms with Gasteiger partial charge in [-0.15, -0.1) is 0 Å². The molecular weight excluding hydrogens is 276 g/mol. The normalized spacial score (nSPS) is 14.1. The predicted octanol–water partition coefficient (Wildman–Crippen LogP) is 3.90. The number of hydrogen-bond acceptors (Lipinski definition) is 2. The second-order valence-corrected chi connectivity index (χ2v) is 6.57. The largest absolute Gasteiger partial charge is 0.398 e. The summed E-state index contributed by atoms with van der Waals surface area (Å²) < 4.78 is 1.02. The number of hydrogen-bond donors (Lipinski definition) is 1. The molecule has 0 amide bonds. The fraction of sp³-hybridized carbons (Fsp3) is 0.571. The molecule has 2 nitrogen and oxygen atoms in total. The van der Waals surface area contributed by atoms with Gasteiger partial charge in [0.1, 0.15) is 0 Å². The van der Waals surface area contributed by atoms with Crippen LogP contribution in [0.1, 0.15) is 33.3 Å². The maximum atomic E-state index is 5.89. The van der Waals surface area contributed by atoms with Crippen LogP contribution >= 0.6 is 15.9 Å². The molecule has 96 valence electrons. The quantitative estimate of drug-likeness (QED) is 0.858. The third-order valence-corrected chi connectivity index (χ3v) is 4.41. The lowest BCUT2D eigenvalue weighted by Gasteiger charge is -2.35. The van der Waals surface area contributed by atoms with E-state index >= 15 is 0 Å². The van der Waals surface area contributed by atoms with Crippen molar-refractivity contribution in [3.8, 4) is 0 Å². The molecule has 0 saturated carbocycles. The monoisotopic (exact) mass is 298 g/mol. The van der Waals surface area contributed by atoms with Gasteiger partial charge in [-0.2, -0.15) is 0 Å². The number of anilines is 1. The summed E-state index contributed by atoms with van der Waals surface area (Å²) in [5, 5.41) is 0. The van der Waals surface area contributed by atoms with Crippen molar-refractivity contribution >= 4 is 21.6 Å². The minimum absolute atomic E-state index is 0.279. The van der Waals surface area contributed by atoms with E-state index in [-0.39, 0.29) is 5.41 Å². The second kappa shape index (κ2) is 5.40. The summed E-state index contributed by atoms with van der Waals surface area (Å²) in [5.74, 6) is 0. The molecule has 1 aromatic rings. The summed E-state index contributed by atoms with van der Waals surface area (Å²) in [5.41, 5.74) is 8.22. The lowest BCUT2D eigenvalue weighted by molar-refractivity contribution is 0.134. The van der Waals surface area contributed by atoms with Crippen molar-refractivity contribution in [1.82, 2.24) is 4.90 Å². The molecule has 0 aromatic heterocycles. The summed E-state index contributed by atoms with van der Waals surface area (Å²) in [4.78, 5) is 2.36. The van der Waals surface area contributed by atoms with Crippen molar-refractivity contribution < 1.29 is 0 Å². The first-order valence-corrected chi connectivity index (χ1v) is 6.76. The Bertz CT molecular complexity index is 382. The lowest BCUT2D eigenvalue weighted by Crippen LogP contribution is -2.38. The van der Waals surface area contributed by atoms with Gasteiger partial charge in [0.2, 0.25) is 0 Å². The summed E-state index contributed by atoms with van der Waals surface area (Å²) in [6.45, 7) is 9.97. The molecule has 1 aromatic carbocycles. The molecule has 0 saturated heterocycles. The van der Waals surface area contributed by atoms with Crippen molar-refractivity contribution in [2.45, 2.75) is 40.3 Å². The number of nitrogens with zero attached hydrogens (tertiary/aromatic N) is 1. The van der Waals surface area contributed by atoms with Gasteiger partial charge in [0.05, 0.1) is 0 Å². The van der Waals surface area contributed by atoms with Crippen LogP contribution in [0.5, 0.6) is 0 Å². The first-order chi connectivity index (χ1) is 7.73. The highest BCUT2D eigenvalue weighted by molar-refractivity contribution is 9.10. The molecule has 1 atom stereocenters. The highest BCUT2D eigenvalue weighted by Gasteiger charge is 2.24. The Morgan fingerprint density at radius 2 is 1.94 bits per heavy atom. The number of nitrogens with two attached hydrogens (primary N) is 1. The van der Waals surface area contributed by atoms with Gasteiger partial charge in [-0.3, -0.25) is 4.90 Å². The average molecular weight is 299 g/mol. The van der Waals surface area contributed by atoms with Crippen LogP contribution in [0.15, 0.2) is 22.7 Å². The van der Waals surface area contributed by atoms with Crippen LogP contribution in [-0.2, 0) is 6.54 Å². The zero-order valence-corrected chi connectivity index (χ0v) is 13.0. The Hall–Kier alpha value is -0.540. The molecule has 17 heavy (non-hydrogen) atoms. The van der Waals surface area contributed by atoms with Gasteiger partial charge in [0, 0.05) is 22.7 Å². The van der Waals surface area contributed by atoms with E-state index in [2.05, 4.69) is 61.6 Å². The molecule has 0 fully saturated rings. The molecular formula is C14H23BrN2. The third-order valence-electron chi connectivity index (χ3n) is 3.44. The average Bonchev–Trinajstić information content (AvgIpc) is 2.22. The van der Waals surface area contributed by atoms with Crippen molar-refractivity contribution in [3.05, 3.63) is 28.2 Å². The first kappa shape index (κ1) is 14.5. The molecule has 0 radical (unpaired) electrons. The number of nitrogen functional groups attached to an aromatic ring is 1. The van der Waals surface area contributed by atoms with E-state index in [1.54, 1.807) is 0 Å². The molecule has 3 heteroatoms. The van der Waals surface area contributed by atoms with E-state index in [0.717, 1.165) is 16.7 Å². The molecule has 0 bridgehead atoms. The standard InChI is InChI=1S/C14H23BrN2/c1-10(14(2,3)4)17(5)9-11-7-6-8-12(16)13(11)15/h6-8,10H,9,16H2,1-5H3. The van der Waals surface area contributed by atoms with Gasteiger partial charge < -0.3 is 5.73 Å². The number of halogens is 1. The van der Waals surface area contributed by atoms with Crippen LogP contribution in [0.2, 0.25) is 0 Å². The molecule has 1 unspecified atom stereocenters. The van der Waals surface area contributed by atoms with Crippen LogP contribution in [0.3, 0.4) is 0 Å². The van der Waals surface area contributed by atoms with Crippen molar-refractivity contribution in [2.24, 2.45) is 5.41 Å². The van der Waals surface area contributed by atoms with Crippen LogP contribution in [0, 0.1) is 5.41 Å². The minimum atomic E-state index is 0.279. The zero-order valence-electron chi connectivity index (χ0n) is 11.4. The third kappa shape index (κ3) is 3.71. The molecule has 0 aliphatic heterocycles. The Balaban J connectivity index is 2.81. The topological polar surface area (TPSA) is 29.3 Å². The maximum absolute atomic E-state index is 5.89. The number of benzene rings is 1. The molecule has 1 rings (SSSR count). The zero-order chi connectivity index (χ0) is 13.2. The van der Waals surface area contributed by atoms with Crippen LogP contribution in [0.4, 0.5) is 5.69 Å². The van der Waals surface area contributed by atoms with E-state index in [9.17, 15) is 0 Å². The summed E-state index contributed by atoms with van der Waals surface area (Å²) in [7, 11) is 2.16. The van der Waals surface area contributed by atoms with Crippen molar-refractivity contribution in [3.63, 3.8) is 0 Å². The lowest BCUT2D eigenvalue weighted by atomic mass is 9.87. The van der Waals surface area contributed by atoms with E-state index in [1.165, 1.54) is 5.56 Å². The highest BCUT2D eigenvalue weighted by Crippen LogP contribution is 2.28. The van der Waals surface area contributed by atoms with Crippen molar-refractivity contribution in [2.75, 3.05) is 12.8 Å². The smallest absolute Gasteiger partial charge is 0.0461 e. The van der Waals surface area contributed by atoms with Gasteiger partial charge in [0.25, 0.3) is 0 Å².